The number of nitrogens with one attached hydrogen (secondary N) is 1. The summed E-state index contributed by atoms with van der Waals surface area (Å²) in [5, 5.41) is 2.98. The third-order valence-corrected chi connectivity index (χ3v) is 2.41. The summed E-state index contributed by atoms with van der Waals surface area (Å²) in [5.74, 6) is 1.05. The van der Waals surface area contributed by atoms with Crippen molar-refractivity contribution in [2.45, 2.75) is 32.4 Å². The van der Waals surface area contributed by atoms with Crippen molar-refractivity contribution < 1.29 is 17.9 Å². The second kappa shape index (κ2) is 6.42. The van der Waals surface area contributed by atoms with Gasteiger partial charge in [-0.2, -0.15) is 13.2 Å². The third kappa shape index (κ3) is 4.77. The minimum Gasteiger partial charge on any atom is -0.481 e. The zero-order chi connectivity index (χ0) is 13.6. The number of rotatable bonds is 6. The van der Waals surface area contributed by atoms with Crippen molar-refractivity contribution in [3.8, 4) is 5.88 Å². The van der Waals surface area contributed by atoms with Crippen molar-refractivity contribution in [2.24, 2.45) is 0 Å². The number of halogens is 3. The first-order valence-corrected chi connectivity index (χ1v) is 5.60. The lowest BCUT2D eigenvalue weighted by Crippen LogP contribution is -2.10. The largest absolute Gasteiger partial charge is 0.481 e. The first kappa shape index (κ1) is 14.5. The molecule has 1 heterocycles. The molecule has 1 aromatic heterocycles. The molecule has 0 aromatic carbocycles. The van der Waals surface area contributed by atoms with Crippen LogP contribution in [0.4, 0.5) is 19.0 Å². The van der Waals surface area contributed by atoms with Gasteiger partial charge in [0.25, 0.3) is 0 Å². The molecule has 102 valence electrons. The van der Waals surface area contributed by atoms with E-state index in [2.05, 4.69) is 15.3 Å². The number of aromatic nitrogens is 2. The van der Waals surface area contributed by atoms with Gasteiger partial charge in [0, 0.05) is 13.0 Å². The van der Waals surface area contributed by atoms with Crippen LogP contribution in [-0.2, 0) is 0 Å². The van der Waals surface area contributed by atoms with Crippen LogP contribution in [0.25, 0.3) is 0 Å². The Morgan fingerprint density at radius 1 is 1.28 bits per heavy atom. The van der Waals surface area contributed by atoms with Crippen molar-refractivity contribution in [3.63, 3.8) is 0 Å². The quantitative estimate of drug-likeness (QED) is 0.802. The Labute approximate surface area is 104 Å². The fourth-order valence-corrected chi connectivity index (χ4v) is 1.48. The van der Waals surface area contributed by atoms with Crippen molar-refractivity contribution >= 4 is 5.82 Å². The highest BCUT2D eigenvalue weighted by atomic mass is 19.4. The van der Waals surface area contributed by atoms with Gasteiger partial charge in [0.1, 0.15) is 12.1 Å². The van der Waals surface area contributed by atoms with E-state index < -0.39 is 12.6 Å². The van der Waals surface area contributed by atoms with Crippen LogP contribution >= 0.6 is 0 Å². The smallest absolute Gasteiger partial charge is 0.389 e. The van der Waals surface area contributed by atoms with Crippen molar-refractivity contribution in [1.29, 1.82) is 0 Å². The van der Waals surface area contributed by atoms with Crippen LogP contribution in [0.2, 0.25) is 0 Å². The Balaban J connectivity index is 2.36. The molecule has 0 unspecified atom stereocenters. The Morgan fingerprint density at radius 3 is 2.61 bits per heavy atom. The molecule has 4 nitrogen and oxygen atoms in total. The molecule has 7 heteroatoms. The molecule has 0 saturated carbocycles. The van der Waals surface area contributed by atoms with Crippen LogP contribution in [0.1, 0.15) is 24.8 Å². The van der Waals surface area contributed by atoms with Gasteiger partial charge in [0.2, 0.25) is 5.88 Å². The fraction of sp³-hybridized carbons (Fsp3) is 0.636. The summed E-state index contributed by atoms with van der Waals surface area (Å²) in [6.07, 6.45) is -2.93. The summed E-state index contributed by atoms with van der Waals surface area (Å²) in [5.41, 5.74) is 0.746. The van der Waals surface area contributed by atoms with Gasteiger partial charge in [-0.05, 0) is 19.8 Å². The molecule has 0 aliphatic carbocycles. The van der Waals surface area contributed by atoms with Gasteiger partial charge in [-0.3, -0.25) is 0 Å². The van der Waals surface area contributed by atoms with E-state index in [-0.39, 0.29) is 6.42 Å². The Morgan fingerprint density at radius 2 is 2.00 bits per heavy atom. The molecule has 0 aliphatic heterocycles. The number of ether oxygens (including phenoxy) is 1. The molecule has 0 spiro atoms. The second-order valence-electron chi connectivity index (χ2n) is 3.86. The van der Waals surface area contributed by atoms with E-state index in [0.29, 0.717) is 24.7 Å². The van der Waals surface area contributed by atoms with Crippen LogP contribution in [0.15, 0.2) is 6.33 Å². The van der Waals surface area contributed by atoms with Gasteiger partial charge in [-0.1, -0.05) is 0 Å². The first-order chi connectivity index (χ1) is 8.44. The van der Waals surface area contributed by atoms with E-state index in [0.717, 1.165) is 5.56 Å². The van der Waals surface area contributed by atoms with E-state index in [1.54, 1.807) is 6.92 Å². The molecule has 0 bridgehead atoms. The molecular formula is C11H16F3N3O. The fourth-order valence-electron chi connectivity index (χ4n) is 1.48. The lowest BCUT2D eigenvalue weighted by molar-refractivity contribution is -0.135. The lowest BCUT2D eigenvalue weighted by atomic mass is 10.2. The molecule has 1 N–H and O–H groups in total. The van der Waals surface area contributed by atoms with Gasteiger partial charge in [-0.25, -0.2) is 9.97 Å². The van der Waals surface area contributed by atoms with Gasteiger partial charge in [0.05, 0.1) is 12.7 Å². The minimum atomic E-state index is -4.08. The molecular weight excluding hydrogens is 247 g/mol. The molecule has 1 aromatic rings. The van der Waals surface area contributed by atoms with E-state index in [9.17, 15) is 13.2 Å². The molecule has 1 rings (SSSR count). The number of nitrogens with zero attached hydrogens (tertiary/aromatic N) is 2. The van der Waals surface area contributed by atoms with Crippen LogP contribution in [-0.4, -0.2) is 29.8 Å². The number of alkyl halides is 3. The summed E-state index contributed by atoms with van der Waals surface area (Å²) < 4.78 is 40.8. The standard InChI is InChI=1S/C11H16F3N3O/c1-8-9(16-7-17-10(8)18-2)15-6-4-3-5-11(12,13)14/h7H,3-6H2,1-2H3,(H,15,16,17). The van der Waals surface area contributed by atoms with E-state index in [1.807, 2.05) is 0 Å². The zero-order valence-electron chi connectivity index (χ0n) is 10.3. The van der Waals surface area contributed by atoms with Crippen LogP contribution in [0.3, 0.4) is 0 Å². The maximum Gasteiger partial charge on any atom is 0.389 e. The summed E-state index contributed by atoms with van der Waals surface area (Å²) in [7, 11) is 1.50. The van der Waals surface area contributed by atoms with Crippen molar-refractivity contribution in [2.75, 3.05) is 19.0 Å². The van der Waals surface area contributed by atoms with Gasteiger partial charge < -0.3 is 10.1 Å². The second-order valence-corrected chi connectivity index (χ2v) is 3.86. The van der Waals surface area contributed by atoms with Gasteiger partial charge in [0.15, 0.2) is 0 Å². The molecule has 18 heavy (non-hydrogen) atoms. The summed E-state index contributed by atoms with van der Waals surface area (Å²) in [6.45, 7) is 2.23. The lowest BCUT2D eigenvalue weighted by Gasteiger charge is -2.10. The minimum absolute atomic E-state index is 0.109. The maximum absolute atomic E-state index is 11.9. The Bertz CT molecular complexity index is 382. The van der Waals surface area contributed by atoms with Crippen LogP contribution < -0.4 is 10.1 Å². The molecule has 0 radical (unpaired) electrons. The predicted octanol–water partition coefficient (Wildman–Crippen LogP) is 2.94. The average Bonchev–Trinajstić information content (AvgIpc) is 2.29. The molecule has 0 atom stereocenters. The summed E-state index contributed by atoms with van der Waals surface area (Å²) in [6, 6.07) is 0. The monoisotopic (exact) mass is 263 g/mol. The van der Waals surface area contributed by atoms with Gasteiger partial charge in [-0.15, -0.1) is 0 Å². The van der Waals surface area contributed by atoms with Crippen molar-refractivity contribution in [1.82, 2.24) is 9.97 Å². The van der Waals surface area contributed by atoms with Crippen LogP contribution in [0.5, 0.6) is 5.88 Å². The number of hydrogen-bond acceptors (Lipinski definition) is 4. The third-order valence-electron chi connectivity index (χ3n) is 2.41. The number of unbranched alkanes of at least 4 members (excludes halogenated alkanes) is 1. The molecule has 0 amide bonds. The number of anilines is 1. The van der Waals surface area contributed by atoms with E-state index in [4.69, 9.17) is 4.74 Å². The summed E-state index contributed by atoms with van der Waals surface area (Å²) in [4.78, 5) is 7.92. The highest BCUT2D eigenvalue weighted by Crippen LogP contribution is 2.23. The molecule has 0 aliphatic rings. The Hall–Kier alpha value is -1.53. The molecule has 0 saturated heterocycles. The SMILES string of the molecule is COc1ncnc(NCCCCC(F)(F)F)c1C. The zero-order valence-corrected chi connectivity index (χ0v) is 10.3. The maximum atomic E-state index is 11.9. The van der Waals surface area contributed by atoms with E-state index in [1.165, 1.54) is 13.4 Å². The highest BCUT2D eigenvalue weighted by Gasteiger charge is 2.25. The number of hydrogen-bond donors (Lipinski definition) is 1. The van der Waals surface area contributed by atoms with Gasteiger partial charge >= 0.3 is 6.18 Å². The number of methoxy groups -OCH3 is 1. The van der Waals surface area contributed by atoms with Crippen molar-refractivity contribution in [3.05, 3.63) is 11.9 Å². The molecule has 0 fully saturated rings. The van der Waals surface area contributed by atoms with E-state index >= 15 is 0 Å². The Kier molecular flexibility index (Phi) is 5.18. The van der Waals surface area contributed by atoms with Crippen LogP contribution in [0, 0.1) is 6.92 Å². The summed E-state index contributed by atoms with van der Waals surface area (Å²) >= 11 is 0. The normalized spacial score (nSPS) is 11.4. The first-order valence-electron chi connectivity index (χ1n) is 5.60. The highest BCUT2D eigenvalue weighted by molar-refractivity contribution is 5.47. The average molecular weight is 263 g/mol. The topological polar surface area (TPSA) is 47.0 Å². The predicted molar refractivity (Wildman–Crippen MR) is 61.7 cm³/mol.